The largest absolute Gasteiger partial charge is 0.316 e. The molecule has 0 aromatic heterocycles. The van der Waals surface area contributed by atoms with E-state index in [-0.39, 0.29) is 0 Å². The lowest BCUT2D eigenvalue weighted by molar-refractivity contribution is 0.143. The van der Waals surface area contributed by atoms with Crippen LogP contribution in [0.25, 0.3) is 0 Å². The second kappa shape index (κ2) is 3.57. The van der Waals surface area contributed by atoms with E-state index in [4.69, 9.17) is 0 Å². The van der Waals surface area contributed by atoms with Gasteiger partial charge in [-0.15, -0.1) is 0 Å². The predicted octanol–water partition coefficient (Wildman–Crippen LogP) is 2.42. The molecule has 1 heterocycles. The maximum absolute atomic E-state index is 3.48. The van der Waals surface area contributed by atoms with Crippen LogP contribution in [0, 0.1) is 11.3 Å². The monoisotopic (exact) mass is 155 g/mol. The Bertz CT molecular complexity index is 116. The standard InChI is InChI=1S/C10H21N/c1-4-5-9-8-11-7-6-10(9,2)3/h9,11H,4-8H2,1-3H3. The van der Waals surface area contributed by atoms with Gasteiger partial charge in [0.25, 0.3) is 0 Å². The summed E-state index contributed by atoms with van der Waals surface area (Å²) in [6, 6.07) is 0. The van der Waals surface area contributed by atoms with E-state index < -0.39 is 0 Å². The van der Waals surface area contributed by atoms with Crippen LogP contribution in [0.1, 0.15) is 40.0 Å². The molecule has 1 aliphatic rings. The maximum Gasteiger partial charge on any atom is -0.00154 e. The zero-order valence-corrected chi connectivity index (χ0v) is 8.11. The number of rotatable bonds is 2. The molecule has 1 saturated heterocycles. The second-order valence-electron chi connectivity index (χ2n) is 4.43. The number of hydrogen-bond donors (Lipinski definition) is 1. The Hall–Kier alpha value is -0.0400. The lowest BCUT2D eigenvalue weighted by Gasteiger charge is -2.39. The summed E-state index contributed by atoms with van der Waals surface area (Å²) in [5.41, 5.74) is 0.585. The van der Waals surface area contributed by atoms with E-state index in [9.17, 15) is 0 Å². The van der Waals surface area contributed by atoms with Crippen LogP contribution in [-0.2, 0) is 0 Å². The molecule has 66 valence electrons. The molecule has 1 aliphatic heterocycles. The fourth-order valence-corrected chi connectivity index (χ4v) is 2.01. The first-order chi connectivity index (χ1) is 5.17. The van der Waals surface area contributed by atoms with Gasteiger partial charge in [-0.2, -0.15) is 0 Å². The molecule has 11 heavy (non-hydrogen) atoms. The molecule has 1 fully saturated rings. The minimum absolute atomic E-state index is 0.585. The van der Waals surface area contributed by atoms with Gasteiger partial charge in [0.1, 0.15) is 0 Å². The van der Waals surface area contributed by atoms with Gasteiger partial charge in [0.05, 0.1) is 0 Å². The van der Waals surface area contributed by atoms with Gasteiger partial charge in [-0.1, -0.05) is 27.2 Å². The highest BCUT2D eigenvalue weighted by atomic mass is 14.9. The van der Waals surface area contributed by atoms with Gasteiger partial charge >= 0.3 is 0 Å². The molecule has 0 aromatic rings. The average Bonchev–Trinajstić information content (AvgIpc) is 1.94. The van der Waals surface area contributed by atoms with Crippen molar-refractivity contribution >= 4 is 0 Å². The summed E-state index contributed by atoms with van der Waals surface area (Å²) < 4.78 is 0. The van der Waals surface area contributed by atoms with Crippen molar-refractivity contribution in [3.63, 3.8) is 0 Å². The molecule has 1 rings (SSSR count). The molecule has 1 unspecified atom stereocenters. The van der Waals surface area contributed by atoms with E-state index in [1.807, 2.05) is 0 Å². The van der Waals surface area contributed by atoms with Gasteiger partial charge in [0.2, 0.25) is 0 Å². The topological polar surface area (TPSA) is 12.0 Å². The number of hydrogen-bond acceptors (Lipinski definition) is 1. The molecule has 1 nitrogen and oxygen atoms in total. The lowest BCUT2D eigenvalue weighted by Crippen LogP contribution is -2.41. The van der Waals surface area contributed by atoms with E-state index in [1.165, 1.54) is 32.4 Å². The first-order valence-corrected chi connectivity index (χ1v) is 4.87. The molecule has 0 aromatic carbocycles. The zero-order chi connectivity index (χ0) is 8.32. The Balaban J connectivity index is 2.45. The molecule has 1 heteroatoms. The quantitative estimate of drug-likeness (QED) is 0.646. The van der Waals surface area contributed by atoms with E-state index in [1.54, 1.807) is 0 Å². The Morgan fingerprint density at radius 1 is 1.45 bits per heavy atom. The normalized spacial score (nSPS) is 30.3. The van der Waals surface area contributed by atoms with Gasteiger partial charge in [0, 0.05) is 0 Å². The second-order valence-corrected chi connectivity index (χ2v) is 4.43. The SMILES string of the molecule is CCCC1CNCCC1(C)C. The summed E-state index contributed by atoms with van der Waals surface area (Å²) in [4.78, 5) is 0. The highest BCUT2D eigenvalue weighted by Gasteiger charge is 2.30. The van der Waals surface area contributed by atoms with Gasteiger partial charge in [-0.25, -0.2) is 0 Å². The van der Waals surface area contributed by atoms with Crippen LogP contribution in [0.2, 0.25) is 0 Å². The van der Waals surface area contributed by atoms with Crippen LogP contribution >= 0.6 is 0 Å². The fraction of sp³-hybridized carbons (Fsp3) is 1.00. The predicted molar refractivity (Wildman–Crippen MR) is 49.7 cm³/mol. The molecule has 1 atom stereocenters. The van der Waals surface area contributed by atoms with E-state index in [0.29, 0.717) is 5.41 Å². The zero-order valence-electron chi connectivity index (χ0n) is 8.11. The summed E-state index contributed by atoms with van der Waals surface area (Å²) in [7, 11) is 0. The maximum atomic E-state index is 3.48. The van der Waals surface area contributed by atoms with Crippen molar-refractivity contribution in [2.75, 3.05) is 13.1 Å². The molecular formula is C10H21N. The summed E-state index contributed by atoms with van der Waals surface area (Å²) in [6.07, 6.45) is 4.06. The smallest absolute Gasteiger partial charge is 0.00154 e. The molecule has 0 radical (unpaired) electrons. The van der Waals surface area contributed by atoms with Crippen molar-refractivity contribution in [3.8, 4) is 0 Å². The van der Waals surface area contributed by atoms with Crippen molar-refractivity contribution in [2.24, 2.45) is 11.3 Å². The van der Waals surface area contributed by atoms with Crippen molar-refractivity contribution < 1.29 is 0 Å². The molecule has 0 bridgehead atoms. The van der Waals surface area contributed by atoms with Crippen molar-refractivity contribution in [2.45, 2.75) is 40.0 Å². The third-order valence-electron chi connectivity index (χ3n) is 3.08. The first-order valence-electron chi connectivity index (χ1n) is 4.87. The van der Waals surface area contributed by atoms with Gasteiger partial charge in [-0.3, -0.25) is 0 Å². The van der Waals surface area contributed by atoms with Gasteiger partial charge in [0.15, 0.2) is 0 Å². The van der Waals surface area contributed by atoms with Crippen LogP contribution in [-0.4, -0.2) is 13.1 Å². The summed E-state index contributed by atoms with van der Waals surface area (Å²) in [5, 5.41) is 3.48. The summed E-state index contributed by atoms with van der Waals surface area (Å²) in [5.74, 6) is 0.904. The van der Waals surface area contributed by atoms with E-state index in [2.05, 4.69) is 26.1 Å². The number of piperidine rings is 1. The molecular weight excluding hydrogens is 134 g/mol. The van der Waals surface area contributed by atoms with Crippen LogP contribution in [0.15, 0.2) is 0 Å². The minimum Gasteiger partial charge on any atom is -0.316 e. The molecule has 0 spiro atoms. The Morgan fingerprint density at radius 3 is 2.73 bits per heavy atom. The average molecular weight is 155 g/mol. The van der Waals surface area contributed by atoms with Crippen LogP contribution in [0.4, 0.5) is 0 Å². The first kappa shape index (κ1) is 9.05. The van der Waals surface area contributed by atoms with E-state index in [0.717, 1.165) is 5.92 Å². The van der Waals surface area contributed by atoms with E-state index >= 15 is 0 Å². The molecule has 0 saturated carbocycles. The highest BCUT2D eigenvalue weighted by molar-refractivity contribution is 4.84. The third kappa shape index (κ3) is 2.19. The third-order valence-corrected chi connectivity index (χ3v) is 3.08. The molecule has 1 N–H and O–H groups in total. The minimum atomic E-state index is 0.585. The van der Waals surface area contributed by atoms with Crippen molar-refractivity contribution in [1.82, 2.24) is 5.32 Å². The van der Waals surface area contributed by atoms with Crippen LogP contribution in [0.5, 0.6) is 0 Å². The highest BCUT2D eigenvalue weighted by Crippen LogP contribution is 2.35. The van der Waals surface area contributed by atoms with Gasteiger partial charge in [-0.05, 0) is 37.3 Å². The van der Waals surface area contributed by atoms with Gasteiger partial charge < -0.3 is 5.32 Å². The lowest BCUT2D eigenvalue weighted by atomic mass is 9.72. The number of nitrogens with one attached hydrogen (secondary N) is 1. The summed E-state index contributed by atoms with van der Waals surface area (Å²) >= 11 is 0. The van der Waals surface area contributed by atoms with Crippen molar-refractivity contribution in [1.29, 1.82) is 0 Å². The molecule has 0 aliphatic carbocycles. The van der Waals surface area contributed by atoms with Crippen LogP contribution < -0.4 is 5.32 Å². The summed E-state index contributed by atoms with van der Waals surface area (Å²) in [6.45, 7) is 9.56. The van der Waals surface area contributed by atoms with Crippen LogP contribution in [0.3, 0.4) is 0 Å². The molecule has 0 amide bonds. The Morgan fingerprint density at radius 2 is 2.18 bits per heavy atom. The Labute approximate surface area is 70.6 Å². The Kier molecular flexibility index (Phi) is 2.94. The fourth-order valence-electron chi connectivity index (χ4n) is 2.01. The van der Waals surface area contributed by atoms with Crippen molar-refractivity contribution in [3.05, 3.63) is 0 Å².